The molecule has 0 spiro atoms. The summed E-state index contributed by atoms with van der Waals surface area (Å²) in [5.74, 6) is 0.841. The molecule has 2 heterocycles. The van der Waals surface area contributed by atoms with Crippen LogP contribution in [0.2, 0.25) is 0 Å². The van der Waals surface area contributed by atoms with Gasteiger partial charge in [-0.25, -0.2) is 0 Å². The number of hydrogen-bond acceptors (Lipinski definition) is 3. The van der Waals surface area contributed by atoms with Crippen LogP contribution in [-0.4, -0.2) is 21.2 Å². The first-order valence-electron chi connectivity index (χ1n) is 4.55. The average Bonchev–Trinajstić information content (AvgIpc) is 2.30. The largest absolute Gasteiger partial charge is 0.355 e. The van der Waals surface area contributed by atoms with E-state index in [1.54, 1.807) is 4.68 Å². The minimum absolute atomic E-state index is 0.0268. The lowest BCUT2D eigenvalue weighted by molar-refractivity contribution is -0.119. The second kappa shape index (κ2) is 2.50. The van der Waals surface area contributed by atoms with Crippen LogP contribution in [0.25, 0.3) is 0 Å². The van der Waals surface area contributed by atoms with E-state index in [1.165, 1.54) is 0 Å². The van der Waals surface area contributed by atoms with E-state index >= 15 is 0 Å². The Hall–Kier alpha value is -1.52. The first kappa shape index (κ1) is 9.05. The molecule has 1 aliphatic rings. The number of fused-ring (bicyclic) bond motifs is 1. The fraction of sp³-hybridized carbons (Fsp3) is 0.556. The Balaban J connectivity index is 2.53. The third-order valence-corrected chi connectivity index (χ3v) is 2.46. The normalized spacial score (nSPS) is 18.4. The Morgan fingerprint density at radius 3 is 2.71 bits per heavy atom. The van der Waals surface area contributed by atoms with Gasteiger partial charge >= 0.3 is 0 Å². The van der Waals surface area contributed by atoms with Crippen LogP contribution in [0.15, 0.2) is 0 Å². The Morgan fingerprint density at radius 1 is 1.43 bits per heavy atom. The van der Waals surface area contributed by atoms with Gasteiger partial charge < -0.3 is 10.6 Å². The first-order valence-corrected chi connectivity index (χ1v) is 4.55. The van der Waals surface area contributed by atoms with E-state index in [1.807, 2.05) is 27.8 Å². The van der Waals surface area contributed by atoms with Crippen molar-refractivity contribution in [3.05, 3.63) is 5.69 Å². The van der Waals surface area contributed by atoms with Crippen molar-refractivity contribution in [1.29, 1.82) is 0 Å². The summed E-state index contributed by atoms with van der Waals surface area (Å²) < 4.78 is 1.74. The topological polar surface area (TPSA) is 59.0 Å². The summed E-state index contributed by atoms with van der Waals surface area (Å²) in [4.78, 5) is 11.6. The monoisotopic (exact) mass is 194 g/mol. The predicted octanol–water partition coefficient (Wildman–Crippen LogP) is 0.871. The zero-order valence-electron chi connectivity index (χ0n) is 8.80. The molecule has 5 nitrogen and oxygen atoms in total. The van der Waals surface area contributed by atoms with E-state index in [0.29, 0.717) is 0 Å². The highest BCUT2D eigenvalue weighted by atomic mass is 16.2. The van der Waals surface area contributed by atoms with E-state index in [-0.39, 0.29) is 5.91 Å². The lowest BCUT2D eigenvalue weighted by atomic mass is 10.0. The molecule has 2 N–H and O–H groups in total. The van der Waals surface area contributed by atoms with Crippen molar-refractivity contribution < 1.29 is 4.79 Å². The number of carbonyl (C=O) groups excluding carboxylic acids is 1. The summed E-state index contributed by atoms with van der Waals surface area (Å²) in [7, 11) is 1.85. The molecular weight excluding hydrogens is 180 g/mol. The number of aromatic nitrogens is 2. The Bertz CT molecular complexity index is 405. The van der Waals surface area contributed by atoms with Crippen LogP contribution in [0.1, 0.15) is 19.5 Å². The Morgan fingerprint density at radius 2 is 2.07 bits per heavy atom. The number of anilines is 2. The van der Waals surface area contributed by atoms with Crippen LogP contribution in [0, 0.1) is 6.92 Å². The number of amides is 1. The summed E-state index contributed by atoms with van der Waals surface area (Å²) >= 11 is 0. The SMILES string of the molecule is Cc1nn(C)c2c1NC(=O)C(C)(C)N2. The van der Waals surface area contributed by atoms with Gasteiger partial charge in [0.2, 0.25) is 5.91 Å². The van der Waals surface area contributed by atoms with E-state index in [0.717, 1.165) is 17.2 Å². The van der Waals surface area contributed by atoms with Gasteiger partial charge in [0, 0.05) is 7.05 Å². The summed E-state index contributed by atoms with van der Waals surface area (Å²) in [6.07, 6.45) is 0. The van der Waals surface area contributed by atoms with Crippen LogP contribution < -0.4 is 10.6 Å². The number of nitrogens with zero attached hydrogens (tertiary/aromatic N) is 2. The molecule has 1 aromatic rings. The first-order chi connectivity index (χ1) is 6.42. The number of nitrogens with one attached hydrogen (secondary N) is 2. The molecule has 0 fully saturated rings. The fourth-order valence-corrected chi connectivity index (χ4v) is 1.57. The van der Waals surface area contributed by atoms with Gasteiger partial charge in [-0.1, -0.05) is 0 Å². The van der Waals surface area contributed by atoms with E-state index in [4.69, 9.17) is 0 Å². The van der Waals surface area contributed by atoms with Gasteiger partial charge in [0.25, 0.3) is 0 Å². The Labute approximate surface area is 82.5 Å². The van der Waals surface area contributed by atoms with Crippen molar-refractivity contribution in [2.45, 2.75) is 26.3 Å². The van der Waals surface area contributed by atoms with Gasteiger partial charge in [-0.15, -0.1) is 0 Å². The molecule has 5 heteroatoms. The molecule has 1 aromatic heterocycles. The van der Waals surface area contributed by atoms with Gasteiger partial charge in [0.1, 0.15) is 17.0 Å². The molecule has 14 heavy (non-hydrogen) atoms. The molecule has 2 rings (SSSR count). The standard InChI is InChI=1S/C9H14N4O/c1-5-6-7(13(4)12-5)11-9(2,3)8(14)10-6/h11H,1-4H3,(H,10,14). The van der Waals surface area contributed by atoms with Crippen molar-refractivity contribution >= 4 is 17.4 Å². The van der Waals surface area contributed by atoms with Gasteiger partial charge in [0.15, 0.2) is 0 Å². The van der Waals surface area contributed by atoms with Crippen LogP contribution >= 0.6 is 0 Å². The van der Waals surface area contributed by atoms with Gasteiger partial charge in [-0.05, 0) is 20.8 Å². The number of rotatable bonds is 0. The molecule has 76 valence electrons. The maximum Gasteiger partial charge on any atom is 0.249 e. The molecule has 1 aliphatic heterocycles. The quantitative estimate of drug-likeness (QED) is 0.644. The zero-order chi connectivity index (χ0) is 10.5. The fourth-order valence-electron chi connectivity index (χ4n) is 1.57. The van der Waals surface area contributed by atoms with Crippen LogP contribution in [0.3, 0.4) is 0 Å². The molecular formula is C9H14N4O. The van der Waals surface area contributed by atoms with Crippen molar-refractivity contribution in [3.63, 3.8) is 0 Å². The number of aryl methyl sites for hydroxylation is 2. The molecule has 1 amide bonds. The summed E-state index contributed by atoms with van der Waals surface area (Å²) in [5.41, 5.74) is 1.04. The molecule has 0 bridgehead atoms. The van der Waals surface area contributed by atoms with E-state index in [2.05, 4.69) is 15.7 Å². The highest BCUT2D eigenvalue weighted by molar-refractivity contribution is 6.05. The van der Waals surface area contributed by atoms with E-state index < -0.39 is 5.54 Å². The Kier molecular flexibility index (Phi) is 1.61. The van der Waals surface area contributed by atoms with E-state index in [9.17, 15) is 4.79 Å². The lowest BCUT2D eigenvalue weighted by Gasteiger charge is -2.31. The highest BCUT2D eigenvalue weighted by Gasteiger charge is 2.35. The van der Waals surface area contributed by atoms with Gasteiger partial charge in [-0.2, -0.15) is 5.10 Å². The minimum atomic E-state index is -0.576. The second-order valence-corrected chi connectivity index (χ2v) is 4.14. The maximum atomic E-state index is 11.6. The molecule has 0 saturated carbocycles. The molecule has 0 aliphatic carbocycles. The van der Waals surface area contributed by atoms with Gasteiger partial charge in [0.05, 0.1) is 5.69 Å². The predicted molar refractivity (Wildman–Crippen MR) is 54.3 cm³/mol. The highest BCUT2D eigenvalue weighted by Crippen LogP contribution is 2.32. The molecule has 0 saturated heterocycles. The third kappa shape index (κ3) is 1.08. The smallest absolute Gasteiger partial charge is 0.249 e. The molecule has 0 aromatic carbocycles. The average molecular weight is 194 g/mol. The number of hydrogen-bond donors (Lipinski definition) is 2. The summed E-state index contributed by atoms with van der Waals surface area (Å²) in [6.45, 7) is 5.56. The van der Waals surface area contributed by atoms with Crippen molar-refractivity contribution in [1.82, 2.24) is 9.78 Å². The second-order valence-electron chi connectivity index (χ2n) is 4.14. The summed E-state index contributed by atoms with van der Waals surface area (Å²) in [6, 6.07) is 0. The van der Waals surface area contributed by atoms with Crippen molar-refractivity contribution in [2.24, 2.45) is 7.05 Å². The van der Waals surface area contributed by atoms with Gasteiger partial charge in [-0.3, -0.25) is 9.48 Å². The molecule has 0 unspecified atom stereocenters. The maximum absolute atomic E-state index is 11.6. The lowest BCUT2D eigenvalue weighted by Crippen LogP contribution is -2.47. The van der Waals surface area contributed by atoms with Crippen molar-refractivity contribution in [2.75, 3.05) is 10.6 Å². The minimum Gasteiger partial charge on any atom is -0.355 e. The van der Waals surface area contributed by atoms with Crippen LogP contribution in [-0.2, 0) is 11.8 Å². The van der Waals surface area contributed by atoms with Crippen molar-refractivity contribution in [3.8, 4) is 0 Å². The van der Waals surface area contributed by atoms with Crippen LogP contribution in [0.4, 0.5) is 11.5 Å². The molecule has 0 atom stereocenters. The molecule has 0 radical (unpaired) electrons. The van der Waals surface area contributed by atoms with Crippen LogP contribution in [0.5, 0.6) is 0 Å². The number of carbonyl (C=O) groups is 1. The third-order valence-electron chi connectivity index (χ3n) is 2.46. The zero-order valence-corrected chi connectivity index (χ0v) is 8.80. The summed E-state index contributed by atoms with van der Waals surface area (Å²) in [5, 5.41) is 10.3.